The summed E-state index contributed by atoms with van der Waals surface area (Å²) < 4.78 is 0. The van der Waals surface area contributed by atoms with Crippen LogP contribution in [0.25, 0.3) is 0 Å². The lowest BCUT2D eigenvalue weighted by Gasteiger charge is -2.09. The number of pyridine rings is 1. The van der Waals surface area contributed by atoms with Gasteiger partial charge in [0.1, 0.15) is 16.3 Å². The summed E-state index contributed by atoms with van der Waals surface area (Å²) in [6.07, 6.45) is 0. The maximum Gasteiger partial charge on any atom is 0.325 e. The van der Waals surface area contributed by atoms with Gasteiger partial charge in [-0.05, 0) is 19.1 Å². The first-order chi connectivity index (χ1) is 7.40. The molecule has 0 bridgehead atoms. The van der Waals surface area contributed by atoms with Gasteiger partial charge in [0.2, 0.25) is 0 Å². The van der Waals surface area contributed by atoms with Crippen LogP contribution in [-0.4, -0.2) is 28.0 Å². The number of hydrogen-bond donors (Lipinski definition) is 2. The zero-order chi connectivity index (χ0) is 12.3. The second-order valence-electron chi connectivity index (χ2n) is 3.03. The molecule has 0 saturated carbocycles. The lowest BCUT2D eigenvalue weighted by atomic mass is 10.2. The van der Waals surface area contributed by atoms with Crippen molar-refractivity contribution in [1.82, 2.24) is 10.3 Å². The second-order valence-corrected chi connectivity index (χ2v) is 3.81. The fourth-order valence-electron chi connectivity index (χ4n) is 0.938. The molecule has 1 amide bonds. The predicted molar refractivity (Wildman–Crippen MR) is 58.8 cm³/mol. The van der Waals surface area contributed by atoms with E-state index in [2.05, 4.69) is 10.3 Å². The molecular formula is C9H8Cl2N2O3. The summed E-state index contributed by atoms with van der Waals surface area (Å²) in [5.41, 5.74) is 0.165. The van der Waals surface area contributed by atoms with Crippen LogP contribution in [0.4, 0.5) is 0 Å². The molecule has 1 rings (SSSR count). The van der Waals surface area contributed by atoms with Crippen molar-refractivity contribution in [3.05, 3.63) is 28.0 Å². The van der Waals surface area contributed by atoms with Gasteiger partial charge >= 0.3 is 5.97 Å². The molecule has 1 aromatic rings. The average molecular weight is 263 g/mol. The molecule has 7 heteroatoms. The van der Waals surface area contributed by atoms with Gasteiger partial charge < -0.3 is 10.4 Å². The number of carboxylic acid groups (broad SMARTS) is 1. The number of amides is 1. The van der Waals surface area contributed by atoms with Crippen molar-refractivity contribution in [1.29, 1.82) is 0 Å². The topological polar surface area (TPSA) is 79.3 Å². The monoisotopic (exact) mass is 262 g/mol. The Morgan fingerprint density at radius 2 is 1.88 bits per heavy atom. The Labute approximate surface area is 101 Å². The van der Waals surface area contributed by atoms with E-state index >= 15 is 0 Å². The van der Waals surface area contributed by atoms with Crippen molar-refractivity contribution in [3.8, 4) is 0 Å². The zero-order valence-electron chi connectivity index (χ0n) is 8.20. The number of nitrogens with zero attached hydrogens (tertiary/aromatic N) is 1. The summed E-state index contributed by atoms with van der Waals surface area (Å²) in [6, 6.07) is 1.62. The molecule has 0 aliphatic carbocycles. The molecule has 0 unspecified atom stereocenters. The van der Waals surface area contributed by atoms with Gasteiger partial charge in [0.05, 0.1) is 0 Å². The van der Waals surface area contributed by atoms with Crippen LogP contribution in [0.3, 0.4) is 0 Å². The Bertz CT molecular complexity index is 417. The number of aliphatic carboxylic acids is 1. The largest absolute Gasteiger partial charge is 0.480 e. The predicted octanol–water partition coefficient (Wildman–Crippen LogP) is 1.59. The van der Waals surface area contributed by atoms with E-state index in [1.807, 2.05) is 0 Å². The van der Waals surface area contributed by atoms with E-state index in [1.54, 1.807) is 0 Å². The van der Waals surface area contributed by atoms with Gasteiger partial charge in [-0.25, -0.2) is 4.98 Å². The van der Waals surface area contributed by atoms with Crippen molar-refractivity contribution in [2.24, 2.45) is 0 Å². The molecule has 0 aromatic carbocycles. The minimum Gasteiger partial charge on any atom is -0.480 e. The smallest absolute Gasteiger partial charge is 0.325 e. The van der Waals surface area contributed by atoms with Gasteiger partial charge in [-0.2, -0.15) is 0 Å². The van der Waals surface area contributed by atoms with Crippen molar-refractivity contribution in [2.45, 2.75) is 13.0 Å². The molecule has 5 nitrogen and oxygen atoms in total. The SMILES string of the molecule is C[C@@H](NC(=O)c1cc(Cl)nc(Cl)c1)C(=O)O. The van der Waals surface area contributed by atoms with Crippen molar-refractivity contribution < 1.29 is 14.7 Å². The van der Waals surface area contributed by atoms with Gasteiger partial charge in [0.15, 0.2) is 0 Å². The van der Waals surface area contributed by atoms with E-state index in [0.29, 0.717) is 0 Å². The van der Waals surface area contributed by atoms with Crippen molar-refractivity contribution in [3.63, 3.8) is 0 Å². The lowest BCUT2D eigenvalue weighted by Crippen LogP contribution is -2.38. The molecule has 86 valence electrons. The molecule has 0 aliphatic heterocycles. The molecule has 16 heavy (non-hydrogen) atoms. The second kappa shape index (κ2) is 5.14. The van der Waals surface area contributed by atoms with Gasteiger partial charge in [0.25, 0.3) is 5.91 Å². The Kier molecular flexibility index (Phi) is 4.09. The van der Waals surface area contributed by atoms with Gasteiger partial charge in [-0.3, -0.25) is 9.59 Å². The highest BCUT2D eigenvalue weighted by Crippen LogP contribution is 2.14. The molecule has 0 radical (unpaired) electrons. The molecule has 0 fully saturated rings. The van der Waals surface area contributed by atoms with Crippen LogP contribution in [0.5, 0.6) is 0 Å². The highest BCUT2D eigenvalue weighted by atomic mass is 35.5. The first-order valence-electron chi connectivity index (χ1n) is 4.27. The maximum atomic E-state index is 11.5. The number of nitrogens with one attached hydrogen (secondary N) is 1. The number of rotatable bonds is 3. The Hall–Kier alpha value is -1.33. The van der Waals surface area contributed by atoms with Crippen LogP contribution < -0.4 is 5.32 Å². The fraction of sp³-hybridized carbons (Fsp3) is 0.222. The summed E-state index contributed by atoms with van der Waals surface area (Å²) in [7, 11) is 0. The molecule has 2 N–H and O–H groups in total. The Morgan fingerprint density at radius 3 is 2.31 bits per heavy atom. The first kappa shape index (κ1) is 12.7. The Morgan fingerprint density at radius 1 is 1.38 bits per heavy atom. The van der Waals surface area contributed by atoms with Crippen LogP contribution in [0.1, 0.15) is 17.3 Å². The molecule has 0 spiro atoms. The summed E-state index contributed by atoms with van der Waals surface area (Å²) in [5, 5.41) is 11.0. The first-order valence-corrected chi connectivity index (χ1v) is 5.02. The number of aromatic nitrogens is 1. The van der Waals surface area contributed by atoms with E-state index in [4.69, 9.17) is 28.3 Å². The van der Waals surface area contributed by atoms with Crippen LogP contribution in [-0.2, 0) is 4.79 Å². The van der Waals surface area contributed by atoms with E-state index in [-0.39, 0.29) is 15.9 Å². The molecule has 0 aliphatic rings. The summed E-state index contributed by atoms with van der Waals surface area (Å²) in [6.45, 7) is 1.35. The number of carbonyl (C=O) groups is 2. The number of halogens is 2. The standard InChI is InChI=1S/C9H8Cl2N2O3/c1-4(9(15)16)12-8(14)5-2-6(10)13-7(11)3-5/h2-4H,1H3,(H,12,14)(H,15,16)/t4-/m1/s1. The zero-order valence-corrected chi connectivity index (χ0v) is 9.71. The van der Waals surface area contributed by atoms with Crippen LogP contribution in [0, 0.1) is 0 Å². The quantitative estimate of drug-likeness (QED) is 0.811. The van der Waals surface area contributed by atoms with E-state index < -0.39 is 17.9 Å². The fourth-order valence-corrected chi connectivity index (χ4v) is 1.40. The normalized spacial score (nSPS) is 11.9. The molecule has 1 heterocycles. The number of carbonyl (C=O) groups excluding carboxylic acids is 1. The summed E-state index contributed by atoms with van der Waals surface area (Å²) in [4.78, 5) is 25.7. The van der Waals surface area contributed by atoms with Gasteiger partial charge in [0, 0.05) is 5.56 Å². The van der Waals surface area contributed by atoms with E-state index in [0.717, 1.165) is 0 Å². The third-order valence-electron chi connectivity index (χ3n) is 1.74. The number of hydrogen-bond acceptors (Lipinski definition) is 3. The van der Waals surface area contributed by atoms with Crippen LogP contribution >= 0.6 is 23.2 Å². The number of carboxylic acids is 1. The third kappa shape index (κ3) is 3.36. The lowest BCUT2D eigenvalue weighted by molar-refractivity contribution is -0.138. The van der Waals surface area contributed by atoms with Gasteiger partial charge in [-0.15, -0.1) is 0 Å². The Balaban J connectivity index is 2.84. The van der Waals surface area contributed by atoms with Crippen molar-refractivity contribution in [2.75, 3.05) is 0 Å². The molecule has 0 saturated heterocycles. The summed E-state index contributed by atoms with van der Waals surface area (Å²) in [5.74, 6) is -1.69. The molecule has 1 atom stereocenters. The van der Waals surface area contributed by atoms with Gasteiger partial charge in [-0.1, -0.05) is 23.2 Å². The van der Waals surface area contributed by atoms with Crippen LogP contribution in [0.2, 0.25) is 10.3 Å². The minimum absolute atomic E-state index is 0.0700. The highest BCUT2D eigenvalue weighted by molar-refractivity contribution is 6.33. The summed E-state index contributed by atoms with van der Waals surface area (Å²) >= 11 is 11.2. The minimum atomic E-state index is -1.13. The van der Waals surface area contributed by atoms with E-state index in [9.17, 15) is 9.59 Å². The maximum absolute atomic E-state index is 11.5. The van der Waals surface area contributed by atoms with Crippen LogP contribution in [0.15, 0.2) is 12.1 Å². The highest BCUT2D eigenvalue weighted by Gasteiger charge is 2.16. The van der Waals surface area contributed by atoms with Crippen molar-refractivity contribution >= 4 is 35.1 Å². The molecular weight excluding hydrogens is 255 g/mol. The average Bonchev–Trinajstić information content (AvgIpc) is 2.15. The third-order valence-corrected chi connectivity index (χ3v) is 2.13. The molecule has 1 aromatic heterocycles. The van der Waals surface area contributed by atoms with E-state index in [1.165, 1.54) is 19.1 Å².